The van der Waals surface area contributed by atoms with Gasteiger partial charge in [0.2, 0.25) is 6.79 Å². The number of hydrogen-bond acceptors (Lipinski definition) is 3. The second-order valence-electron chi connectivity index (χ2n) is 5.13. The summed E-state index contributed by atoms with van der Waals surface area (Å²) in [5.74, 6) is 2.86. The Labute approximate surface area is 95.5 Å². The smallest absolute Gasteiger partial charge is 0.231 e. The Morgan fingerprint density at radius 2 is 2.19 bits per heavy atom. The summed E-state index contributed by atoms with van der Waals surface area (Å²) in [4.78, 5) is 0. The molecule has 2 unspecified atom stereocenters. The molecule has 1 heterocycles. The van der Waals surface area contributed by atoms with Crippen LogP contribution < -0.4 is 15.2 Å². The van der Waals surface area contributed by atoms with Gasteiger partial charge in [0.1, 0.15) is 0 Å². The number of fused-ring (bicyclic) bond motifs is 1. The summed E-state index contributed by atoms with van der Waals surface area (Å²) in [6.45, 7) is 4.76. The van der Waals surface area contributed by atoms with Crippen molar-refractivity contribution in [2.24, 2.45) is 17.6 Å². The van der Waals surface area contributed by atoms with Crippen LogP contribution in [0.3, 0.4) is 0 Å². The highest BCUT2D eigenvalue weighted by atomic mass is 16.7. The molecule has 1 aliphatic carbocycles. The average molecular weight is 219 g/mol. The summed E-state index contributed by atoms with van der Waals surface area (Å²) in [6, 6.07) is 5.99. The second kappa shape index (κ2) is 3.14. The Bertz CT molecular complexity index is 430. The van der Waals surface area contributed by atoms with Crippen LogP contribution in [0.1, 0.15) is 25.8 Å². The van der Waals surface area contributed by atoms with E-state index in [4.69, 9.17) is 15.2 Å². The molecule has 0 bridgehead atoms. The molecule has 2 N–H and O–H groups in total. The number of para-hydroxylation sites is 1. The Morgan fingerprint density at radius 1 is 1.38 bits per heavy atom. The normalized spacial score (nSPS) is 30.9. The van der Waals surface area contributed by atoms with E-state index >= 15 is 0 Å². The van der Waals surface area contributed by atoms with Gasteiger partial charge in [0, 0.05) is 11.1 Å². The van der Waals surface area contributed by atoms with Crippen LogP contribution in [-0.4, -0.2) is 6.79 Å². The molecule has 0 spiro atoms. The first-order valence-electron chi connectivity index (χ1n) is 5.81. The molecule has 2 aliphatic rings. The second-order valence-corrected chi connectivity index (χ2v) is 5.13. The van der Waals surface area contributed by atoms with Crippen LogP contribution in [0, 0.1) is 11.8 Å². The summed E-state index contributed by atoms with van der Waals surface area (Å²) < 4.78 is 10.9. The van der Waals surface area contributed by atoms with Crippen molar-refractivity contribution in [3.05, 3.63) is 23.8 Å². The van der Waals surface area contributed by atoms with Crippen molar-refractivity contribution in [3.8, 4) is 11.5 Å². The molecular weight excluding hydrogens is 202 g/mol. The van der Waals surface area contributed by atoms with E-state index in [9.17, 15) is 0 Å². The first-order chi connectivity index (χ1) is 7.63. The first-order valence-corrected chi connectivity index (χ1v) is 5.81. The Balaban J connectivity index is 2.00. The van der Waals surface area contributed by atoms with Gasteiger partial charge in [-0.1, -0.05) is 26.0 Å². The van der Waals surface area contributed by atoms with Crippen molar-refractivity contribution in [2.75, 3.05) is 6.79 Å². The minimum absolute atomic E-state index is 0.201. The highest BCUT2D eigenvalue weighted by molar-refractivity contribution is 5.53. The first kappa shape index (κ1) is 9.97. The fraction of sp³-hybridized carbons (Fsp3) is 0.538. The lowest BCUT2D eigenvalue weighted by Crippen LogP contribution is -2.24. The van der Waals surface area contributed by atoms with Gasteiger partial charge in [-0.05, 0) is 24.3 Å². The fourth-order valence-electron chi connectivity index (χ4n) is 2.74. The van der Waals surface area contributed by atoms with E-state index < -0.39 is 0 Å². The minimum Gasteiger partial charge on any atom is -0.454 e. The predicted molar refractivity (Wildman–Crippen MR) is 61.4 cm³/mol. The third-order valence-corrected chi connectivity index (χ3v) is 3.76. The number of rotatable bonds is 2. The number of ether oxygens (including phenoxy) is 2. The summed E-state index contributed by atoms with van der Waals surface area (Å²) in [5, 5.41) is 0. The SMILES string of the molecule is CC(C)C1CC1(N)c1cccc2c1OCO2. The van der Waals surface area contributed by atoms with E-state index in [2.05, 4.69) is 19.9 Å². The van der Waals surface area contributed by atoms with Gasteiger partial charge in [-0.3, -0.25) is 0 Å². The zero-order valence-electron chi connectivity index (χ0n) is 9.69. The molecule has 1 aromatic rings. The van der Waals surface area contributed by atoms with Crippen LogP contribution >= 0.6 is 0 Å². The Kier molecular flexibility index (Phi) is 1.96. The van der Waals surface area contributed by atoms with Gasteiger partial charge in [-0.15, -0.1) is 0 Å². The van der Waals surface area contributed by atoms with Gasteiger partial charge in [0.05, 0.1) is 0 Å². The molecule has 3 rings (SSSR count). The molecule has 0 radical (unpaired) electrons. The molecule has 1 saturated carbocycles. The van der Waals surface area contributed by atoms with E-state index in [1.54, 1.807) is 0 Å². The summed E-state index contributed by atoms with van der Waals surface area (Å²) in [7, 11) is 0. The zero-order valence-corrected chi connectivity index (χ0v) is 9.69. The summed E-state index contributed by atoms with van der Waals surface area (Å²) in [5.41, 5.74) is 7.36. The highest BCUT2D eigenvalue weighted by Gasteiger charge is 2.55. The van der Waals surface area contributed by atoms with Gasteiger partial charge < -0.3 is 15.2 Å². The molecule has 1 fully saturated rings. The lowest BCUT2D eigenvalue weighted by Gasteiger charge is -2.16. The van der Waals surface area contributed by atoms with Crippen LogP contribution in [0.25, 0.3) is 0 Å². The topological polar surface area (TPSA) is 44.5 Å². The monoisotopic (exact) mass is 219 g/mol. The standard InChI is InChI=1S/C13H17NO2/c1-8(2)10-6-13(10,14)9-4-3-5-11-12(9)16-7-15-11/h3-5,8,10H,6-7,14H2,1-2H3. The van der Waals surface area contributed by atoms with E-state index in [0.717, 1.165) is 23.5 Å². The molecule has 0 aromatic heterocycles. The summed E-state index contributed by atoms with van der Waals surface area (Å²) in [6.07, 6.45) is 1.05. The van der Waals surface area contributed by atoms with Crippen molar-refractivity contribution in [1.82, 2.24) is 0 Å². The van der Waals surface area contributed by atoms with Gasteiger partial charge in [-0.25, -0.2) is 0 Å². The van der Waals surface area contributed by atoms with Gasteiger partial charge in [0.25, 0.3) is 0 Å². The lowest BCUT2D eigenvalue weighted by atomic mass is 9.97. The Morgan fingerprint density at radius 3 is 2.88 bits per heavy atom. The maximum Gasteiger partial charge on any atom is 0.231 e. The van der Waals surface area contributed by atoms with Crippen molar-refractivity contribution in [2.45, 2.75) is 25.8 Å². The molecule has 3 nitrogen and oxygen atoms in total. The molecule has 2 atom stereocenters. The van der Waals surface area contributed by atoms with Crippen LogP contribution in [0.2, 0.25) is 0 Å². The minimum atomic E-state index is -0.201. The molecule has 3 heteroatoms. The third kappa shape index (κ3) is 1.24. The molecule has 1 aliphatic heterocycles. The largest absolute Gasteiger partial charge is 0.454 e. The molecule has 0 saturated heterocycles. The Hall–Kier alpha value is -1.22. The highest BCUT2D eigenvalue weighted by Crippen LogP contribution is 2.57. The van der Waals surface area contributed by atoms with Crippen molar-refractivity contribution >= 4 is 0 Å². The predicted octanol–water partition coefficient (Wildman–Crippen LogP) is 2.25. The van der Waals surface area contributed by atoms with E-state index in [0.29, 0.717) is 18.6 Å². The molecule has 86 valence electrons. The third-order valence-electron chi connectivity index (χ3n) is 3.76. The van der Waals surface area contributed by atoms with Crippen LogP contribution in [0.15, 0.2) is 18.2 Å². The van der Waals surface area contributed by atoms with Gasteiger partial charge in [0.15, 0.2) is 11.5 Å². The van der Waals surface area contributed by atoms with E-state index in [1.165, 1.54) is 0 Å². The lowest BCUT2D eigenvalue weighted by molar-refractivity contribution is 0.172. The van der Waals surface area contributed by atoms with E-state index in [1.807, 2.05) is 12.1 Å². The van der Waals surface area contributed by atoms with Crippen LogP contribution in [0.5, 0.6) is 11.5 Å². The average Bonchev–Trinajstić information content (AvgIpc) is 2.75. The number of benzene rings is 1. The van der Waals surface area contributed by atoms with Gasteiger partial charge >= 0.3 is 0 Å². The molecule has 1 aromatic carbocycles. The van der Waals surface area contributed by atoms with Crippen molar-refractivity contribution < 1.29 is 9.47 Å². The molecular formula is C13H17NO2. The zero-order chi connectivity index (χ0) is 11.3. The molecule has 0 amide bonds. The fourth-order valence-corrected chi connectivity index (χ4v) is 2.74. The number of nitrogens with two attached hydrogens (primary N) is 1. The van der Waals surface area contributed by atoms with Gasteiger partial charge in [-0.2, -0.15) is 0 Å². The maximum atomic E-state index is 6.45. The van der Waals surface area contributed by atoms with Crippen molar-refractivity contribution in [3.63, 3.8) is 0 Å². The van der Waals surface area contributed by atoms with E-state index in [-0.39, 0.29) is 5.54 Å². The maximum absolute atomic E-state index is 6.45. The molecule has 16 heavy (non-hydrogen) atoms. The van der Waals surface area contributed by atoms with Crippen LogP contribution in [0.4, 0.5) is 0 Å². The van der Waals surface area contributed by atoms with Crippen LogP contribution in [-0.2, 0) is 5.54 Å². The quantitative estimate of drug-likeness (QED) is 0.829. The van der Waals surface area contributed by atoms with Crippen molar-refractivity contribution in [1.29, 1.82) is 0 Å². The summed E-state index contributed by atoms with van der Waals surface area (Å²) >= 11 is 0. The number of hydrogen-bond donors (Lipinski definition) is 1.